The molecule has 1 fully saturated rings. The van der Waals surface area contributed by atoms with E-state index < -0.39 is 0 Å². The topological polar surface area (TPSA) is 79.6 Å². The molecule has 0 aliphatic carbocycles. The van der Waals surface area contributed by atoms with Crippen molar-refractivity contribution < 1.29 is 14.6 Å². The van der Waals surface area contributed by atoms with Gasteiger partial charge in [-0.2, -0.15) is 5.10 Å². The van der Waals surface area contributed by atoms with E-state index in [0.717, 1.165) is 17.1 Å². The summed E-state index contributed by atoms with van der Waals surface area (Å²) in [6.45, 7) is 7.18. The van der Waals surface area contributed by atoms with Gasteiger partial charge in [0, 0.05) is 19.6 Å². The third kappa shape index (κ3) is 3.61. The molecule has 2 atom stereocenters. The maximum atomic E-state index is 12.2. The fourth-order valence-corrected chi connectivity index (χ4v) is 2.52. The molecular weight excluding hydrogens is 272 g/mol. The summed E-state index contributed by atoms with van der Waals surface area (Å²) >= 11 is 0. The highest BCUT2D eigenvalue weighted by atomic mass is 16.5. The second kappa shape index (κ2) is 6.55. The molecule has 21 heavy (non-hydrogen) atoms. The number of anilines is 1. The monoisotopic (exact) mass is 296 g/mol. The first-order valence-electron chi connectivity index (χ1n) is 7.19. The van der Waals surface area contributed by atoms with Crippen molar-refractivity contribution in [3.8, 4) is 0 Å². The molecule has 0 bridgehead atoms. The normalized spacial score (nSPS) is 23.3. The van der Waals surface area contributed by atoms with Crippen LogP contribution in [0, 0.1) is 13.8 Å². The van der Waals surface area contributed by atoms with Crippen LogP contribution >= 0.6 is 0 Å². The first kappa shape index (κ1) is 15.9. The maximum absolute atomic E-state index is 12.2. The van der Waals surface area contributed by atoms with E-state index in [1.165, 1.54) is 0 Å². The summed E-state index contributed by atoms with van der Waals surface area (Å²) in [6.07, 6.45) is -0.212. The van der Waals surface area contributed by atoms with Crippen LogP contribution in [-0.4, -0.2) is 64.1 Å². The number of amides is 1. The number of carbonyl (C=O) groups excluding carboxylic acids is 1. The van der Waals surface area contributed by atoms with E-state index in [2.05, 4.69) is 10.4 Å². The second-order valence-electron chi connectivity index (χ2n) is 5.63. The lowest BCUT2D eigenvalue weighted by Gasteiger charge is -2.36. The number of carbonyl (C=O) groups is 1. The van der Waals surface area contributed by atoms with Gasteiger partial charge in [0.2, 0.25) is 5.91 Å². The number of ether oxygens (including phenoxy) is 1. The lowest BCUT2D eigenvalue weighted by molar-refractivity contribution is -0.122. The van der Waals surface area contributed by atoms with Crippen molar-refractivity contribution in [1.82, 2.24) is 14.7 Å². The van der Waals surface area contributed by atoms with Gasteiger partial charge in [0.05, 0.1) is 42.9 Å². The fourth-order valence-electron chi connectivity index (χ4n) is 2.52. The van der Waals surface area contributed by atoms with Crippen LogP contribution in [0.5, 0.6) is 0 Å². The molecule has 0 radical (unpaired) electrons. The zero-order chi connectivity index (χ0) is 15.6. The van der Waals surface area contributed by atoms with Gasteiger partial charge in [-0.3, -0.25) is 14.4 Å². The largest absolute Gasteiger partial charge is 0.394 e. The summed E-state index contributed by atoms with van der Waals surface area (Å²) in [5, 5.41) is 16.4. The van der Waals surface area contributed by atoms with Crippen molar-refractivity contribution in [3.05, 3.63) is 11.4 Å². The summed E-state index contributed by atoms with van der Waals surface area (Å²) in [5.74, 6) is -0.0698. The Morgan fingerprint density at radius 3 is 2.81 bits per heavy atom. The Labute approximate surface area is 124 Å². The van der Waals surface area contributed by atoms with Gasteiger partial charge in [0.15, 0.2) is 0 Å². The highest BCUT2D eigenvalue weighted by Crippen LogP contribution is 2.18. The van der Waals surface area contributed by atoms with E-state index in [9.17, 15) is 9.90 Å². The van der Waals surface area contributed by atoms with Crippen LogP contribution in [-0.2, 0) is 16.6 Å². The molecule has 1 aliphatic heterocycles. The molecule has 1 amide bonds. The summed E-state index contributed by atoms with van der Waals surface area (Å²) in [6, 6.07) is 0.162. The maximum Gasteiger partial charge on any atom is 0.238 e. The van der Waals surface area contributed by atoms with Crippen LogP contribution in [0.15, 0.2) is 0 Å². The molecule has 2 N–H and O–H groups in total. The summed E-state index contributed by atoms with van der Waals surface area (Å²) in [4.78, 5) is 14.3. The van der Waals surface area contributed by atoms with Crippen molar-refractivity contribution in [3.63, 3.8) is 0 Å². The Morgan fingerprint density at radius 2 is 2.24 bits per heavy atom. The predicted molar refractivity (Wildman–Crippen MR) is 79.2 cm³/mol. The Morgan fingerprint density at radius 1 is 1.52 bits per heavy atom. The SMILES string of the molecule is Cc1nn(C)c(C)c1NC(=O)CN1CC(CO)OCC1C. The summed E-state index contributed by atoms with van der Waals surface area (Å²) in [7, 11) is 1.86. The molecule has 118 valence electrons. The fraction of sp³-hybridized carbons (Fsp3) is 0.714. The van der Waals surface area contributed by atoms with Crippen molar-refractivity contribution in [2.24, 2.45) is 7.05 Å². The number of nitrogens with zero attached hydrogens (tertiary/aromatic N) is 3. The van der Waals surface area contributed by atoms with Crippen LogP contribution < -0.4 is 5.32 Å². The molecule has 1 saturated heterocycles. The Hall–Kier alpha value is -1.44. The van der Waals surface area contributed by atoms with Crippen LogP contribution in [0.2, 0.25) is 0 Å². The Bertz CT molecular complexity index is 515. The number of hydrogen-bond donors (Lipinski definition) is 2. The molecule has 0 spiro atoms. The lowest BCUT2D eigenvalue weighted by atomic mass is 10.2. The summed E-state index contributed by atoms with van der Waals surface area (Å²) in [5.41, 5.74) is 2.53. The number of aryl methyl sites for hydroxylation is 2. The second-order valence-corrected chi connectivity index (χ2v) is 5.63. The highest BCUT2D eigenvalue weighted by molar-refractivity contribution is 5.93. The van der Waals surface area contributed by atoms with Crippen LogP contribution in [0.3, 0.4) is 0 Å². The highest BCUT2D eigenvalue weighted by Gasteiger charge is 2.27. The molecule has 7 heteroatoms. The van der Waals surface area contributed by atoms with E-state index in [4.69, 9.17) is 4.74 Å². The van der Waals surface area contributed by atoms with Crippen molar-refractivity contribution >= 4 is 11.6 Å². The Balaban J connectivity index is 1.97. The first-order chi connectivity index (χ1) is 9.92. The van der Waals surface area contributed by atoms with E-state index >= 15 is 0 Å². The average molecular weight is 296 g/mol. The molecule has 2 unspecified atom stereocenters. The summed E-state index contributed by atoms with van der Waals surface area (Å²) < 4.78 is 7.23. The quantitative estimate of drug-likeness (QED) is 0.821. The van der Waals surface area contributed by atoms with Gasteiger partial charge in [-0.25, -0.2) is 0 Å². The van der Waals surface area contributed by atoms with Crippen molar-refractivity contribution in [2.45, 2.75) is 32.9 Å². The van der Waals surface area contributed by atoms with E-state index in [0.29, 0.717) is 13.2 Å². The van der Waals surface area contributed by atoms with Gasteiger partial charge in [-0.1, -0.05) is 0 Å². The van der Waals surface area contributed by atoms with Gasteiger partial charge in [0.1, 0.15) is 0 Å². The van der Waals surface area contributed by atoms with Gasteiger partial charge < -0.3 is 15.2 Å². The van der Waals surface area contributed by atoms with Gasteiger partial charge in [-0.15, -0.1) is 0 Å². The molecule has 2 rings (SSSR count). The van der Waals surface area contributed by atoms with Crippen molar-refractivity contribution in [2.75, 3.05) is 31.6 Å². The standard InChI is InChI=1S/C14H24N4O3/c1-9-8-21-12(7-19)5-18(9)6-13(20)15-14-10(2)16-17(4)11(14)3/h9,12,19H,5-8H2,1-4H3,(H,15,20). The molecule has 7 nitrogen and oxygen atoms in total. The third-order valence-corrected chi connectivity index (χ3v) is 3.96. The molecule has 0 saturated carbocycles. The smallest absolute Gasteiger partial charge is 0.238 e. The van der Waals surface area contributed by atoms with Crippen molar-refractivity contribution in [1.29, 1.82) is 0 Å². The molecule has 1 aromatic rings. The number of hydrogen-bond acceptors (Lipinski definition) is 5. The number of nitrogens with one attached hydrogen (secondary N) is 1. The number of aliphatic hydroxyl groups excluding tert-OH is 1. The molecular formula is C14H24N4O3. The minimum absolute atomic E-state index is 0.0222. The number of rotatable bonds is 4. The van der Waals surface area contributed by atoms with E-state index in [1.807, 2.05) is 32.7 Å². The van der Waals surface area contributed by atoms with Crippen LogP contribution in [0.25, 0.3) is 0 Å². The molecule has 2 heterocycles. The first-order valence-corrected chi connectivity index (χ1v) is 7.19. The van der Waals surface area contributed by atoms with Crippen LogP contribution in [0.4, 0.5) is 5.69 Å². The molecule has 1 aliphatic rings. The van der Waals surface area contributed by atoms with Gasteiger partial charge in [-0.05, 0) is 20.8 Å². The minimum Gasteiger partial charge on any atom is -0.394 e. The minimum atomic E-state index is -0.212. The number of morpholine rings is 1. The lowest BCUT2D eigenvalue weighted by Crippen LogP contribution is -2.51. The van der Waals surface area contributed by atoms with Crippen LogP contribution in [0.1, 0.15) is 18.3 Å². The predicted octanol–water partition coefficient (Wildman–Crippen LogP) is 0.0570. The Kier molecular flexibility index (Phi) is 4.97. The van der Waals surface area contributed by atoms with E-state index in [1.54, 1.807) is 4.68 Å². The van der Waals surface area contributed by atoms with Gasteiger partial charge >= 0.3 is 0 Å². The zero-order valence-corrected chi connectivity index (χ0v) is 13.1. The number of aliphatic hydroxyl groups is 1. The average Bonchev–Trinajstić information content (AvgIpc) is 2.68. The molecule has 0 aromatic carbocycles. The third-order valence-electron chi connectivity index (χ3n) is 3.96. The number of aromatic nitrogens is 2. The zero-order valence-electron chi connectivity index (χ0n) is 13.1. The van der Waals surface area contributed by atoms with E-state index in [-0.39, 0.29) is 31.2 Å². The van der Waals surface area contributed by atoms with Gasteiger partial charge in [0.25, 0.3) is 0 Å². The molecule has 1 aromatic heterocycles.